The first-order valence-corrected chi connectivity index (χ1v) is 8.90. The molecule has 0 heterocycles. The Kier molecular flexibility index (Phi) is 10.0. The van der Waals surface area contributed by atoms with Crippen molar-refractivity contribution in [2.45, 2.75) is 45.6 Å². The standard InChI is InChI=1S/C19H31N3O2.HI/c1-4-14-5-7-15(8-6-14)12-21-19(20)22-13-16-9-10-17(23-2)18(11-16)24-3;/h9-11,14-15H,4-8,12-13H2,1-3H3,(H3,20,21,22);1H. The minimum Gasteiger partial charge on any atom is -0.493 e. The molecule has 0 amide bonds. The summed E-state index contributed by atoms with van der Waals surface area (Å²) < 4.78 is 10.5. The maximum absolute atomic E-state index is 6.00. The van der Waals surface area contributed by atoms with E-state index in [0.717, 1.165) is 29.7 Å². The van der Waals surface area contributed by atoms with E-state index in [0.29, 0.717) is 18.3 Å². The molecule has 1 aliphatic carbocycles. The molecule has 2 rings (SSSR count). The van der Waals surface area contributed by atoms with Gasteiger partial charge in [0.2, 0.25) is 0 Å². The summed E-state index contributed by atoms with van der Waals surface area (Å²) in [6, 6.07) is 5.80. The lowest BCUT2D eigenvalue weighted by Crippen LogP contribution is -2.36. The number of nitrogens with one attached hydrogen (secondary N) is 1. The van der Waals surface area contributed by atoms with Crippen molar-refractivity contribution in [2.75, 3.05) is 20.8 Å². The van der Waals surface area contributed by atoms with E-state index < -0.39 is 0 Å². The Morgan fingerprint density at radius 1 is 1.12 bits per heavy atom. The Hall–Kier alpha value is -1.18. The van der Waals surface area contributed by atoms with Gasteiger partial charge in [-0.05, 0) is 42.4 Å². The van der Waals surface area contributed by atoms with Gasteiger partial charge in [0.25, 0.3) is 0 Å². The van der Waals surface area contributed by atoms with Crippen LogP contribution in [-0.2, 0) is 6.54 Å². The van der Waals surface area contributed by atoms with Crippen LogP contribution in [0, 0.1) is 11.8 Å². The van der Waals surface area contributed by atoms with Crippen LogP contribution in [0.5, 0.6) is 11.5 Å². The van der Waals surface area contributed by atoms with Crippen molar-refractivity contribution in [3.8, 4) is 11.5 Å². The van der Waals surface area contributed by atoms with E-state index in [2.05, 4.69) is 17.2 Å². The predicted octanol–water partition coefficient (Wildman–Crippen LogP) is 3.94. The number of methoxy groups -OCH3 is 2. The lowest BCUT2D eigenvalue weighted by atomic mass is 9.81. The number of nitrogens with two attached hydrogens (primary N) is 1. The summed E-state index contributed by atoms with van der Waals surface area (Å²) in [5.41, 5.74) is 7.04. The molecule has 0 aromatic heterocycles. The van der Waals surface area contributed by atoms with Crippen LogP contribution in [0.15, 0.2) is 23.2 Å². The second-order valence-electron chi connectivity index (χ2n) is 6.57. The van der Waals surface area contributed by atoms with Gasteiger partial charge >= 0.3 is 0 Å². The van der Waals surface area contributed by atoms with Crippen molar-refractivity contribution in [2.24, 2.45) is 22.6 Å². The molecule has 25 heavy (non-hydrogen) atoms. The summed E-state index contributed by atoms with van der Waals surface area (Å²) in [6.45, 7) is 3.75. The molecule has 0 aliphatic heterocycles. The van der Waals surface area contributed by atoms with Crippen LogP contribution < -0.4 is 20.5 Å². The largest absolute Gasteiger partial charge is 0.493 e. The first-order chi connectivity index (χ1) is 11.7. The number of nitrogens with zero attached hydrogens (tertiary/aromatic N) is 1. The summed E-state index contributed by atoms with van der Waals surface area (Å²) in [5, 5.41) is 3.28. The number of halogens is 1. The summed E-state index contributed by atoms with van der Waals surface area (Å²) in [5.74, 6) is 3.60. The smallest absolute Gasteiger partial charge is 0.188 e. The van der Waals surface area contributed by atoms with Gasteiger partial charge in [0.15, 0.2) is 17.5 Å². The number of ether oxygens (including phenoxy) is 2. The Morgan fingerprint density at radius 3 is 2.36 bits per heavy atom. The number of hydrogen-bond donors (Lipinski definition) is 2. The molecule has 0 saturated heterocycles. The van der Waals surface area contributed by atoms with Gasteiger partial charge in [0.05, 0.1) is 20.8 Å². The van der Waals surface area contributed by atoms with Crippen LogP contribution in [0.2, 0.25) is 0 Å². The molecule has 142 valence electrons. The zero-order chi connectivity index (χ0) is 17.4. The molecule has 1 saturated carbocycles. The van der Waals surface area contributed by atoms with Gasteiger partial charge in [-0.25, -0.2) is 4.99 Å². The third-order valence-electron chi connectivity index (χ3n) is 5.00. The van der Waals surface area contributed by atoms with E-state index in [1.54, 1.807) is 14.2 Å². The summed E-state index contributed by atoms with van der Waals surface area (Å²) in [7, 11) is 3.26. The third kappa shape index (κ3) is 6.92. The molecule has 3 N–H and O–H groups in total. The number of hydrogen-bond acceptors (Lipinski definition) is 3. The Morgan fingerprint density at radius 2 is 1.76 bits per heavy atom. The van der Waals surface area contributed by atoms with Crippen molar-refractivity contribution in [1.82, 2.24) is 5.32 Å². The number of rotatable bonds is 7. The fourth-order valence-electron chi connectivity index (χ4n) is 3.30. The van der Waals surface area contributed by atoms with Crippen LogP contribution in [-0.4, -0.2) is 26.7 Å². The molecule has 0 spiro atoms. The monoisotopic (exact) mass is 461 g/mol. The quantitative estimate of drug-likeness (QED) is 0.367. The first kappa shape index (κ1) is 21.9. The second kappa shape index (κ2) is 11.4. The highest BCUT2D eigenvalue weighted by Gasteiger charge is 2.19. The van der Waals surface area contributed by atoms with E-state index in [1.165, 1.54) is 32.1 Å². The van der Waals surface area contributed by atoms with Gasteiger partial charge in [-0.3, -0.25) is 0 Å². The maximum Gasteiger partial charge on any atom is 0.188 e. The van der Waals surface area contributed by atoms with Crippen LogP contribution >= 0.6 is 24.0 Å². The molecule has 1 aliphatic rings. The number of aliphatic imine (C=N–C) groups is 1. The second-order valence-corrected chi connectivity index (χ2v) is 6.57. The van der Waals surface area contributed by atoms with Crippen LogP contribution in [0.25, 0.3) is 0 Å². The van der Waals surface area contributed by atoms with Gasteiger partial charge in [0.1, 0.15) is 0 Å². The van der Waals surface area contributed by atoms with E-state index in [4.69, 9.17) is 15.2 Å². The molecule has 0 unspecified atom stereocenters. The molecule has 1 fully saturated rings. The third-order valence-corrected chi connectivity index (χ3v) is 5.00. The lowest BCUT2D eigenvalue weighted by Gasteiger charge is -2.27. The average molecular weight is 461 g/mol. The van der Waals surface area contributed by atoms with Gasteiger partial charge in [-0.2, -0.15) is 0 Å². The fraction of sp³-hybridized carbons (Fsp3) is 0.632. The number of benzene rings is 1. The fourth-order valence-corrected chi connectivity index (χ4v) is 3.30. The summed E-state index contributed by atoms with van der Waals surface area (Å²) in [6.07, 6.45) is 6.62. The van der Waals surface area contributed by atoms with Gasteiger partial charge in [-0.15, -0.1) is 24.0 Å². The van der Waals surface area contributed by atoms with E-state index in [-0.39, 0.29) is 24.0 Å². The van der Waals surface area contributed by atoms with Crippen LogP contribution in [0.4, 0.5) is 0 Å². The van der Waals surface area contributed by atoms with Crippen molar-refractivity contribution in [3.05, 3.63) is 23.8 Å². The zero-order valence-corrected chi connectivity index (χ0v) is 17.9. The number of guanidine groups is 1. The minimum absolute atomic E-state index is 0. The van der Waals surface area contributed by atoms with E-state index in [1.807, 2.05) is 18.2 Å². The Balaban J connectivity index is 0.00000312. The SMILES string of the molecule is CCC1CCC(CNC(N)=NCc2ccc(OC)c(OC)c2)CC1.I. The highest BCUT2D eigenvalue weighted by Crippen LogP contribution is 2.30. The zero-order valence-electron chi connectivity index (χ0n) is 15.6. The topological polar surface area (TPSA) is 68.9 Å². The van der Waals surface area contributed by atoms with Gasteiger partial charge in [-0.1, -0.05) is 32.3 Å². The van der Waals surface area contributed by atoms with Crippen molar-refractivity contribution < 1.29 is 9.47 Å². The Bertz CT molecular complexity index is 543. The van der Waals surface area contributed by atoms with Crippen LogP contribution in [0.3, 0.4) is 0 Å². The Labute approximate surface area is 168 Å². The summed E-state index contributed by atoms with van der Waals surface area (Å²) >= 11 is 0. The molecule has 6 heteroatoms. The van der Waals surface area contributed by atoms with Crippen molar-refractivity contribution in [3.63, 3.8) is 0 Å². The average Bonchev–Trinajstić information content (AvgIpc) is 2.64. The van der Waals surface area contributed by atoms with E-state index >= 15 is 0 Å². The highest BCUT2D eigenvalue weighted by molar-refractivity contribution is 14.0. The molecule has 1 aromatic carbocycles. The molecule has 0 radical (unpaired) electrons. The van der Waals surface area contributed by atoms with Gasteiger partial charge in [0, 0.05) is 6.54 Å². The molecular formula is C19H32IN3O2. The van der Waals surface area contributed by atoms with Crippen molar-refractivity contribution in [1.29, 1.82) is 0 Å². The maximum atomic E-state index is 6.00. The van der Waals surface area contributed by atoms with Gasteiger partial charge < -0.3 is 20.5 Å². The van der Waals surface area contributed by atoms with Crippen molar-refractivity contribution >= 4 is 29.9 Å². The van der Waals surface area contributed by atoms with E-state index in [9.17, 15) is 0 Å². The molecular weight excluding hydrogens is 429 g/mol. The minimum atomic E-state index is 0. The molecule has 1 aromatic rings. The predicted molar refractivity (Wildman–Crippen MR) is 114 cm³/mol. The first-order valence-electron chi connectivity index (χ1n) is 8.90. The molecule has 0 bridgehead atoms. The molecule has 5 nitrogen and oxygen atoms in total. The lowest BCUT2D eigenvalue weighted by molar-refractivity contribution is 0.269. The highest BCUT2D eigenvalue weighted by atomic mass is 127. The normalized spacial score (nSPS) is 20.5. The molecule has 0 atom stereocenters. The van der Waals surface area contributed by atoms with Crippen LogP contribution in [0.1, 0.15) is 44.6 Å². The summed E-state index contributed by atoms with van der Waals surface area (Å²) in [4.78, 5) is 4.43.